The Kier molecular flexibility index (Phi) is 1.58. The Labute approximate surface area is 56.2 Å². The van der Waals surface area contributed by atoms with Gasteiger partial charge in [-0.1, -0.05) is 0 Å². The lowest BCUT2D eigenvalue weighted by Gasteiger charge is -1.97. The van der Waals surface area contributed by atoms with E-state index in [0.717, 1.165) is 4.52 Å². The van der Waals surface area contributed by atoms with Crippen molar-refractivity contribution < 1.29 is 4.79 Å². The number of hydrazone groups is 1. The fourth-order valence-corrected chi connectivity index (χ4v) is 1.04. The average Bonchev–Trinajstić information content (AvgIpc) is 2.14. The Morgan fingerprint density at radius 3 is 2.78 bits per heavy atom. The molecule has 0 fully saturated rings. The van der Waals surface area contributed by atoms with E-state index < -0.39 is 5.91 Å². The van der Waals surface area contributed by atoms with Crippen molar-refractivity contribution in [1.82, 2.24) is 4.52 Å². The lowest BCUT2D eigenvalue weighted by molar-refractivity contribution is -0.112. The smallest absolute Gasteiger partial charge is 0.265 e. The molecular formula is C3H6N4OS. The molecule has 0 atom stereocenters. The Morgan fingerprint density at radius 1 is 1.89 bits per heavy atom. The number of rotatable bonds is 1. The first-order chi connectivity index (χ1) is 4.20. The Hall–Kier alpha value is -0.750. The lowest BCUT2D eigenvalue weighted by Crippen LogP contribution is -2.23. The first-order valence-electron chi connectivity index (χ1n) is 2.25. The fourth-order valence-electron chi connectivity index (χ4n) is 0.424. The highest BCUT2D eigenvalue weighted by atomic mass is 32.2. The van der Waals surface area contributed by atoms with Gasteiger partial charge in [-0.25, -0.2) is 5.84 Å². The first-order valence-corrected chi connectivity index (χ1v) is 3.19. The summed E-state index contributed by atoms with van der Waals surface area (Å²) in [7, 11) is 0. The average molecular weight is 146 g/mol. The van der Waals surface area contributed by atoms with Crippen molar-refractivity contribution in [2.24, 2.45) is 16.7 Å². The van der Waals surface area contributed by atoms with Crippen LogP contribution in [0.25, 0.3) is 0 Å². The van der Waals surface area contributed by atoms with Crippen LogP contribution in [0.1, 0.15) is 0 Å². The second-order valence-corrected chi connectivity index (χ2v) is 2.41. The van der Waals surface area contributed by atoms with Crippen molar-refractivity contribution in [2.45, 2.75) is 0 Å². The molecule has 0 aromatic carbocycles. The molecule has 0 spiro atoms. The van der Waals surface area contributed by atoms with E-state index in [1.807, 2.05) is 0 Å². The van der Waals surface area contributed by atoms with Gasteiger partial charge in [0.1, 0.15) is 5.71 Å². The van der Waals surface area contributed by atoms with Gasteiger partial charge in [-0.15, -0.1) is 5.10 Å². The molecular weight excluding hydrogens is 140 g/mol. The highest BCUT2D eigenvalue weighted by molar-refractivity contribution is 7.98. The summed E-state index contributed by atoms with van der Waals surface area (Å²) in [6.45, 7) is 0. The first kappa shape index (κ1) is 6.37. The molecule has 0 aromatic rings. The summed E-state index contributed by atoms with van der Waals surface area (Å²) >= 11 is 1.24. The van der Waals surface area contributed by atoms with Gasteiger partial charge in [0.15, 0.2) is 0 Å². The van der Waals surface area contributed by atoms with E-state index in [4.69, 9.17) is 11.6 Å². The van der Waals surface area contributed by atoms with E-state index in [2.05, 4.69) is 5.10 Å². The minimum absolute atomic E-state index is 0.322. The topological polar surface area (TPSA) is 84.7 Å². The zero-order valence-corrected chi connectivity index (χ0v) is 5.39. The van der Waals surface area contributed by atoms with Gasteiger partial charge in [-0.3, -0.25) is 4.79 Å². The van der Waals surface area contributed by atoms with Crippen LogP contribution in [0.2, 0.25) is 0 Å². The van der Waals surface area contributed by atoms with Crippen LogP contribution in [0.15, 0.2) is 5.10 Å². The molecule has 6 heteroatoms. The summed E-state index contributed by atoms with van der Waals surface area (Å²) in [5.41, 5.74) is 5.22. The molecule has 50 valence electrons. The normalized spacial score (nSPS) is 17.9. The molecule has 1 heterocycles. The molecule has 0 saturated heterocycles. The van der Waals surface area contributed by atoms with Crippen molar-refractivity contribution in [3.63, 3.8) is 0 Å². The number of hydrogen-bond donors (Lipinski definition) is 2. The van der Waals surface area contributed by atoms with Gasteiger partial charge < -0.3 is 5.73 Å². The lowest BCUT2D eigenvalue weighted by atomic mass is 10.4. The van der Waals surface area contributed by atoms with Crippen molar-refractivity contribution in [3.8, 4) is 0 Å². The maximum absolute atomic E-state index is 10.3. The molecule has 0 unspecified atom stereocenters. The van der Waals surface area contributed by atoms with E-state index in [9.17, 15) is 4.79 Å². The van der Waals surface area contributed by atoms with Crippen LogP contribution in [-0.2, 0) is 4.79 Å². The van der Waals surface area contributed by atoms with Crippen LogP contribution in [0.4, 0.5) is 0 Å². The predicted octanol–water partition coefficient (Wildman–Crippen LogP) is -1.33. The van der Waals surface area contributed by atoms with Crippen LogP contribution in [0.3, 0.4) is 0 Å². The van der Waals surface area contributed by atoms with Gasteiger partial charge in [0.05, 0.1) is 5.75 Å². The summed E-state index contributed by atoms with van der Waals surface area (Å²) in [5.74, 6) is 5.14. The molecule has 9 heavy (non-hydrogen) atoms. The monoisotopic (exact) mass is 146 g/mol. The van der Waals surface area contributed by atoms with Crippen LogP contribution in [-0.4, -0.2) is 21.9 Å². The third-order valence-electron chi connectivity index (χ3n) is 0.837. The van der Waals surface area contributed by atoms with E-state index in [-0.39, 0.29) is 0 Å². The number of carbonyl (C=O) groups excluding carboxylic acids is 1. The van der Waals surface area contributed by atoms with E-state index >= 15 is 0 Å². The van der Waals surface area contributed by atoms with E-state index in [1.165, 1.54) is 11.9 Å². The third-order valence-corrected chi connectivity index (χ3v) is 1.59. The molecule has 1 aliphatic rings. The van der Waals surface area contributed by atoms with Crippen molar-refractivity contribution in [1.29, 1.82) is 0 Å². The molecule has 0 bridgehead atoms. The zero-order valence-electron chi connectivity index (χ0n) is 4.57. The predicted molar refractivity (Wildman–Crippen MR) is 35.1 cm³/mol. The third kappa shape index (κ3) is 1.33. The molecule has 0 saturated carbocycles. The van der Waals surface area contributed by atoms with Crippen LogP contribution < -0.4 is 11.6 Å². The summed E-state index contributed by atoms with van der Waals surface area (Å²) in [6, 6.07) is 0. The number of primary amides is 1. The molecule has 4 N–H and O–H groups in total. The van der Waals surface area contributed by atoms with Gasteiger partial charge in [0.2, 0.25) is 0 Å². The summed E-state index contributed by atoms with van der Waals surface area (Å²) in [6.07, 6.45) is 0. The van der Waals surface area contributed by atoms with Gasteiger partial charge in [-0.05, 0) is 11.9 Å². The molecule has 1 rings (SSSR count). The van der Waals surface area contributed by atoms with Gasteiger partial charge >= 0.3 is 0 Å². The molecule has 0 aliphatic carbocycles. The minimum Gasteiger partial charge on any atom is -0.364 e. The second-order valence-electron chi connectivity index (χ2n) is 1.49. The number of amides is 1. The van der Waals surface area contributed by atoms with E-state index in [1.54, 1.807) is 0 Å². The molecule has 0 aromatic heterocycles. The molecule has 0 radical (unpaired) electrons. The number of carbonyl (C=O) groups is 1. The molecule has 5 nitrogen and oxygen atoms in total. The maximum atomic E-state index is 10.3. The van der Waals surface area contributed by atoms with Crippen molar-refractivity contribution >= 4 is 23.6 Å². The number of hydrogen-bond acceptors (Lipinski definition) is 5. The maximum Gasteiger partial charge on any atom is 0.265 e. The number of nitrogens with two attached hydrogens (primary N) is 2. The number of nitrogens with zero attached hydrogens (tertiary/aromatic N) is 2. The Morgan fingerprint density at radius 2 is 2.56 bits per heavy atom. The second kappa shape index (κ2) is 2.24. The van der Waals surface area contributed by atoms with Gasteiger partial charge in [0.25, 0.3) is 5.91 Å². The molecule has 1 amide bonds. The fraction of sp³-hybridized carbons (Fsp3) is 0.333. The van der Waals surface area contributed by atoms with Crippen molar-refractivity contribution in [2.75, 3.05) is 5.75 Å². The summed E-state index contributed by atoms with van der Waals surface area (Å²) in [5, 5.41) is 3.60. The highest BCUT2D eigenvalue weighted by Crippen LogP contribution is 2.12. The Bertz CT molecular complexity index is 167. The van der Waals surface area contributed by atoms with Gasteiger partial charge in [-0.2, -0.15) is 4.52 Å². The minimum atomic E-state index is -0.504. The van der Waals surface area contributed by atoms with Crippen molar-refractivity contribution in [3.05, 3.63) is 0 Å². The highest BCUT2D eigenvalue weighted by Gasteiger charge is 2.16. The van der Waals surface area contributed by atoms with E-state index in [0.29, 0.717) is 11.5 Å². The van der Waals surface area contributed by atoms with Gasteiger partial charge in [0, 0.05) is 0 Å². The van der Waals surface area contributed by atoms with Crippen LogP contribution in [0.5, 0.6) is 0 Å². The molecule has 1 aliphatic heterocycles. The Balaban J connectivity index is 2.62. The summed E-state index contributed by atoms with van der Waals surface area (Å²) < 4.78 is 1.13. The quantitative estimate of drug-likeness (QED) is 0.354. The number of hydrazine groups is 1. The largest absolute Gasteiger partial charge is 0.364 e. The van der Waals surface area contributed by atoms with Crippen LogP contribution >= 0.6 is 11.9 Å². The zero-order chi connectivity index (χ0) is 6.85. The standard InChI is InChI=1S/C3H6N4OS/c4-3(8)2-1-9-7(5)6-2/h1,5H2,(H2,4,8). The SMILES string of the molecule is NC(=O)C1=NN(N)SC1. The van der Waals surface area contributed by atoms with Crippen LogP contribution in [0, 0.1) is 0 Å². The summed E-state index contributed by atoms with van der Waals surface area (Å²) in [4.78, 5) is 10.3.